The Kier molecular flexibility index (Phi) is 6.23. The van der Waals surface area contributed by atoms with E-state index in [1.165, 1.54) is 61.2 Å². The molecule has 0 amide bonds. The highest BCUT2D eigenvalue weighted by Gasteiger charge is 2.28. The lowest BCUT2D eigenvalue weighted by Gasteiger charge is -2.33. The van der Waals surface area contributed by atoms with Crippen LogP contribution < -0.4 is 9.47 Å². The number of aromatic nitrogens is 1. The van der Waals surface area contributed by atoms with Crippen LogP contribution in [0.4, 0.5) is 11.4 Å². The van der Waals surface area contributed by atoms with E-state index >= 15 is 0 Å². The molecule has 0 aliphatic carbocycles. The van der Waals surface area contributed by atoms with Crippen LogP contribution in [0.15, 0.2) is 83.9 Å². The summed E-state index contributed by atoms with van der Waals surface area (Å²) >= 11 is 3.86. The van der Waals surface area contributed by atoms with Crippen LogP contribution in [0.25, 0.3) is 21.9 Å². The summed E-state index contributed by atoms with van der Waals surface area (Å²) in [5, 5.41) is 2.63. The minimum Gasteiger partial charge on any atom is -0.309 e. The van der Waals surface area contributed by atoms with Crippen molar-refractivity contribution in [2.24, 2.45) is 0 Å². The van der Waals surface area contributed by atoms with E-state index in [4.69, 9.17) is 0 Å². The summed E-state index contributed by atoms with van der Waals surface area (Å²) in [5.74, 6) is 1.05. The van der Waals surface area contributed by atoms with E-state index in [9.17, 15) is 0 Å². The monoisotopic (exact) mass is 496 g/mol. The molecule has 0 saturated heterocycles. The largest absolute Gasteiger partial charge is 0.309 e. The van der Waals surface area contributed by atoms with Crippen molar-refractivity contribution in [2.45, 2.75) is 19.4 Å². The number of anilines is 2. The van der Waals surface area contributed by atoms with Gasteiger partial charge in [-0.05, 0) is 56.4 Å². The summed E-state index contributed by atoms with van der Waals surface area (Å²) in [5.41, 5.74) is 7.97. The molecule has 0 saturated carbocycles. The molecule has 35 heavy (non-hydrogen) atoms. The highest BCUT2D eigenvalue weighted by atomic mass is 32.2. The zero-order chi connectivity index (χ0) is 23.8. The number of aryl methyl sites for hydroxylation is 2. The van der Waals surface area contributed by atoms with E-state index in [0.29, 0.717) is 0 Å². The molecule has 2 aliphatic rings. The van der Waals surface area contributed by atoms with E-state index in [-0.39, 0.29) is 0 Å². The van der Waals surface area contributed by atoms with Crippen molar-refractivity contribution in [1.82, 2.24) is 4.90 Å². The quantitative estimate of drug-likeness (QED) is 0.267. The number of para-hydroxylation sites is 3. The van der Waals surface area contributed by atoms with Gasteiger partial charge in [0.05, 0.1) is 10.7 Å². The van der Waals surface area contributed by atoms with Gasteiger partial charge in [0.15, 0.2) is 6.54 Å². The molecule has 1 aromatic heterocycles. The number of hydrogen-bond acceptors (Lipinski definition) is 4. The van der Waals surface area contributed by atoms with Crippen molar-refractivity contribution >= 4 is 56.3 Å². The van der Waals surface area contributed by atoms with Crippen LogP contribution in [-0.4, -0.2) is 31.3 Å². The van der Waals surface area contributed by atoms with Crippen LogP contribution in [-0.2, 0) is 13.0 Å². The molecule has 0 radical (unpaired) electrons. The van der Waals surface area contributed by atoms with Crippen molar-refractivity contribution < 1.29 is 4.57 Å². The number of rotatable bonds is 6. The zero-order valence-electron chi connectivity index (χ0n) is 20.3. The molecule has 2 aliphatic heterocycles. The molecule has 176 valence electrons. The second-order valence-corrected chi connectivity index (χ2v) is 11.6. The number of allylic oxidation sites excluding steroid dienone is 2. The van der Waals surface area contributed by atoms with Crippen LogP contribution in [0.5, 0.6) is 0 Å². The van der Waals surface area contributed by atoms with Crippen molar-refractivity contribution in [3.05, 3.63) is 100 Å². The first-order valence-electron chi connectivity index (χ1n) is 12.3. The van der Waals surface area contributed by atoms with Gasteiger partial charge in [-0.25, -0.2) is 0 Å². The molecule has 0 unspecified atom stereocenters. The summed E-state index contributed by atoms with van der Waals surface area (Å²) in [6, 6.07) is 26.4. The van der Waals surface area contributed by atoms with Gasteiger partial charge in [0.25, 0.3) is 5.01 Å². The van der Waals surface area contributed by atoms with Gasteiger partial charge in [0, 0.05) is 41.6 Å². The summed E-state index contributed by atoms with van der Waals surface area (Å²) in [6.45, 7) is 2.15. The fraction of sp³-hybridized carbons (Fsp3) is 0.233. The highest BCUT2D eigenvalue weighted by Crippen LogP contribution is 2.45. The molecule has 3 aromatic carbocycles. The van der Waals surface area contributed by atoms with E-state index < -0.39 is 0 Å². The molecule has 6 rings (SSSR count). The van der Waals surface area contributed by atoms with Crippen LogP contribution in [0.3, 0.4) is 0 Å². The number of benzene rings is 3. The van der Waals surface area contributed by atoms with E-state index in [2.05, 4.69) is 113 Å². The van der Waals surface area contributed by atoms with Gasteiger partial charge in [0.1, 0.15) is 4.70 Å². The van der Waals surface area contributed by atoms with Gasteiger partial charge >= 0.3 is 0 Å². The zero-order valence-corrected chi connectivity index (χ0v) is 21.9. The minimum absolute atomic E-state index is 1.05. The van der Waals surface area contributed by atoms with Gasteiger partial charge in [-0.15, -0.1) is 11.8 Å². The first-order chi connectivity index (χ1) is 17.2. The van der Waals surface area contributed by atoms with Crippen molar-refractivity contribution in [1.29, 1.82) is 0 Å². The molecular formula is C30H30N3S2+. The predicted octanol–water partition coefficient (Wildman–Crippen LogP) is 6.96. The van der Waals surface area contributed by atoms with E-state index in [1.807, 2.05) is 23.1 Å². The number of thiazole rings is 1. The molecule has 3 nitrogen and oxygen atoms in total. The topological polar surface area (TPSA) is 10.4 Å². The second kappa shape index (κ2) is 9.65. The van der Waals surface area contributed by atoms with E-state index in [1.54, 1.807) is 0 Å². The fourth-order valence-electron chi connectivity index (χ4n) is 5.03. The standard InChI is InChI=1S/C30H30N3S2/c1-31(2)18-19-34-29-21-23(20-28-32-17-9-11-22-10-8-16-27(35-28)30(22)32)25-14-6-7-15-26(25)33(29)24-12-4-3-5-13-24/h3-8,10,12-16,20-21H,9,11,17-19H2,1-2H3/q+1. The maximum atomic E-state index is 2.55. The summed E-state index contributed by atoms with van der Waals surface area (Å²) in [6.07, 6.45) is 7.22. The van der Waals surface area contributed by atoms with Gasteiger partial charge in [-0.3, -0.25) is 0 Å². The summed E-state index contributed by atoms with van der Waals surface area (Å²) in [7, 11) is 4.29. The maximum Gasteiger partial charge on any atom is 0.263 e. The average Bonchev–Trinajstić information content (AvgIpc) is 3.23. The van der Waals surface area contributed by atoms with Gasteiger partial charge in [0.2, 0.25) is 5.52 Å². The van der Waals surface area contributed by atoms with Gasteiger partial charge in [-0.2, -0.15) is 4.57 Å². The van der Waals surface area contributed by atoms with Crippen molar-refractivity contribution in [3.8, 4) is 0 Å². The second-order valence-electron chi connectivity index (χ2n) is 9.38. The van der Waals surface area contributed by atoms with Crippen molar-refractivity contribution in [2.75, 3.05) is 31.3 Å². The lowest BCUT2D eigenvalue weighted by molar-refractivity contribution is -0.671. The van der Waals surface area contributed by atoms with Gasteiger partial charge < -0.3 is 9.80 Å². The smallest absolute Gasteiger partial charge is 0.263 e. The maximum absolute atomic E-state index is 2.55. The molecule has 5 heteroatoms. The minimum atomic E-state index is 1.05. The Balaban J connectivity index is 1.50. The molecule has 0 N–H and O–H groups in total. The number of nitrogens with zero attached hydrogens (tertiary/aromatic N) is 3. The van der Waals surface area contributed by atoms with Crippen molar-refractivity contribution in [3.63, 3.8) is 0 Å². The van der Waals surface area contributed by atoms with Gasteiger partial charge in [-0.1, -0.05) is 59.9 Å². The van der Waals surface area contributed by atoms with E-state index in [0.717, 1.165) is 18.8 Å². The van der Waals surface area contributed by atoms with Crippen LogP contribution in [0.2, 0.25) is 0 Å². The molecule has 0 atom stereocenters. The Bertz CT molecular complexity index is 1430. The average molecular weight is 497 g/mol. The molecule has 4 aromatic rings. The third-order valence-electron chi connectivity index (χ3n) is 6.70. The summed E-state index contributed by atoms with van der Waals surface area (Å²) in [4.78, 5) is 4.68. The fourth-order valence-corrected chi connectivity index (χ4v) is 7.43. The third kappa shape index (κ3) is 4.33. The third-order valence-corrected chi connectivity index (χ3v) is 8.78. The highest BCUT2D eigenvalue weighted by molar-refractivity contribution is 8.03. The Morgan fingerprint density at radius 3 is 2.69 bits per heavy atom. The normalized spacial score (nSPS) is 16.1. The first kappa shape index (κ1) is 22.6. The molecule has 0 fully saturated rings. The Hall–Kier alpha value is -2.86. The Morgan fingerprint density at radius 2 is 1.83 bits per heavy atom. The molecule has 0 bridgehead atoms. The Morgan fingerprint density at radius 1 is 1.00 bits per heavy atom. The lowest BCUT2D eigenvalue weighted by Crippen LogP contribution is -2.38. The SMILES string of the molecule is CN(C)CCSC1=C/C(=C\c2sc3cccc4c3[n+]2CCC4)c2ccccc2N1c1ccccc1. The lowest BCUT2D eigenvalue weighted by atomic mass is 9.99. The summed E-state index contributed by atoms with van der Waals surface area (Å²) < 4.78 is 3.94. The van der Waals surface area contributed by atoms with Crippen LogP contribution in [0, 0.1) is 0 Å². The number of hydrogen-bond donors (Lipinski definition) is 0. The first-order valence-corrected chi connectivity index (χ1v) is 14.1. The predicted molar refractivity (Wildman–Crippen MR) is 152 cm³/mol. The van der Waals surface area contributed by atoms with Crippen LogP contribution in [0.1, 0.15) is 22.6 Å². The number of thioether (sulfide) groups is 1. The number of fused-ring (bicyclic) bond motifs is 1. The van der Waals surface area contributed by atoms with Crippen LogP contribution >= 0.6 is 23.1 Å². The molecule has 0 spiro atoms. The molecule has 3 heterocycles. The molecular weight excluding hydrogens is 466 g/mol. The Labute approximate surface area is 216 Å².